The molecule has 1 aromatic heterocycles. The minimum absolute atomic E-state index is 0.171. The Hall–Kier alpha value is -1.34. The smallest absolute Gasteiger partial charge is 0.344 e. The normalized spacial score (nSPS) is 18.0. The van der Waals surface area contributed by atoms with Gasteiger partial charge in [0.2, 0.25) is 0 Å². The zero-order valence-corrected chi connectivity index (χ0v) is 12.0. The molecule has 0 spiro atoms. The molecule has 0 unspecified atom stereocenters. The van der Waals surface area contributed by atoms with E-state index in [4.69, 9.17) is 15.2 Å². The molecule has 1 fully saturated rings. The molecule has 3 N–H and O–H groups in total. The molecule has 0 saturated carbocycles. The van der Waals surface area contributed by atoms with E-state index >= 15 is 0 Å². The minimum Gasteiger partial charge on any atom is -0.465 e. The quantitative estimate of drug-likeness (QED) is 0.819. The zero-order chi connectivity index (χ0) is 13.9. The molecule has 1 aliphatic heterocycles. The number of esters is 1. The molecule has 2 heterocycles. The molecule has 0 aliphatic carbocycles. The number of nitrogens with zero attached hydrogens (tertiary/aromatic N) is 1. The summed E-state index contributed by atoms with van der Waals surface area (Å²) in [5.41, 5.74) is 6.21. The van der Waals surface area contributed by atoms with Crippen molar-refractivity contribution in [2.45, 2.75) is 19.8 Å². The Morgan fingerprint density at radius 3 is 2.89 bits per heavy atom. The second kappa shape index (κ2) is 5.75. The summed E-state index contributed by atoms with van der Waals surface area (Å²) in [6.07, 6.45) is 2.00. The van der Waals surface area contributed by atoms with Gasteiger partial charge in [0.1, 0.15) is 10.6 Å². The first-order valence-corrected chi connectivity index (χ1v) is 6.98. The van der Waals surface area contributed by atoms with Crippen LogP contribution < -0.4 is 11.1 Å². The van der Waals surface area contributed by atoms with Crippen molar-refractivity contribution < 1.29 is 14.3 Å². The van der Waals surface area contributed by atoms with E-state index < -0.39 is 5.97 Å². The lowest BCUT2D eigenvalue weighted by Gasteiger charge is -2.33. The highest BCUT2D eigenvalue weighted by molar-refractivity contribution is 7.11. The second-order valence-corrected chi connectivity index (χ2v) is 5.81. The zero-order valence-electron chi connectivity index (χ0n) is 11.2. The number of anilines is 2. The molecule has 7 heteroatoms. The van der Waals surface area contributed by atoms with Gasteiger partial charge in [0.25, 0.3) is 0 Å². The van der Waals surface area contributed by atoms with Crippen molar-refractivity contribution >= 4 is 28.3 Å². The molecule has 0 atom stereocenters. The van der Waals surface area contributed by atoms with Gasteiger partial charge in [-0.3, -0.25) is 0 Å². The van der Waals surface area contributed by atoms with Gasteiger partial charge in [-0.1, -0.05) is 6.92 Å². The monoisotopic (exact) mass is 285 g/mol. The Labute approximate surface area is 116 Å². The number of carbonyl (C=O) groups excluding carboxylic acids is 1. The van der Waals surface area contributed by atoms with Crippen LogP contribution in [0.25, 0.3) is 0 Å². The highest BCUT2D eigenvalue weighted by Gasteiger charge is 2.28. The van der Waals surface area contributed by atoms with E-state index in [0.717, 1.165) is 32.6 Å². The van der Waals surface area contributed by atoms with E-state index in [1.54, 1.807) is 0 Å². The summed E-state index contributed by atoms with van der Waals surface area (Å²) in [6.45, 7) is 4.55. The topological polar surface area (TPSA) is 86.5 Å². The van der Waals surface area contributed by atoms with Crippen LogP contribution in [-0.2, 0) is 9.47 Å². The van der Waals surface area contributed by atoms with Gasteiger partial charge in [-0.2, -0.15) is 4.37 Å². The van der Waals surface area contributed by atoms with Crippen LogP contribution in [0.3, 0.4) is 0 Å². The van der Waals surface area contributed by atoms with Gasteiger partial charge in [0.15, 0.2) is 5.82 Å². The molecular weight excluding hydrogens is 266 g/mol. The first-order valence-electron chi connectivity index (χ1n) is 6.21. The molecule has 19 heavy (non-hydrogen) atoms. The van der Waals surface area contributed by atoms with Gasteiger partial charge >= 0.3 is 5.97 Å². The first-order chi connectivity index (χ1) is 9.06. The number of hydrogen-bond acceptors (Lipinski definition) is 7. The molecule has 1 saturated heterocycles. The summed E-state index contributed by atoms with van der Waals surface area (Å²) < 4.78 is 14.1. The van der Waals surface area contributed by atoms with Crippen LogP contribution in [0.1, 0.15) is 30.1 Å². The van der Waals surface area contributed by atoms with Gasteiger partial charge in [-0.05, 0) is 29.8 Å². The molecule has 2 rings (SSSR count). The number of ether oxygens (including phenoxy) is 2. The number of nitrogens with two attached hydrogens (primary N) is 1. The van der Waals surface area contributed by atoms with Gasteiger partial charge in [-0.15, -0.1) is 0 Å². The number of methoxy groups -OCH3 is 1. The molecule has 0 radical (unpaired) electrons. The van der Waals surface area contributed by atoms with E-state index in [1.165, 1.54) is 18.6 Å². The number of nitrogen functional groups attached to an aromatic ring is 1. The van der Waals surface area contributed by atoms with Crippen molar-refractivity contribution in [2.75, 3.05) is 37.9 Å². The molecule has 106 valence electrons. The van der Waals surface area contributed by atoms with Gasteiger partial charge < -0.3 is 20.5 Å². The fourth-order valence-electron chi connectivity index (χ4n) is 2.06. The molecular formula is C12H19N3O3S. The predicted octanol–water partition coefficient (Wildman–Crippen LogP) is 1.74. The lowest BCUT2D eigenvalue weighted by molar-refractivity contribution is 0.0300. The Morgan fingerprint density at radius 2 is 2.26 bits per heavy atom. The van der Waals surface area contributed by atoms with Gasteiger partial charge in [-0.25, -0.2) is 4.79 Å². The van der Waals surface area contributed by atoms with Crippen LogP contribution >= 0.6 is 11.5 Å². The molecule has 0 aromatic carbocycles. The summed E-state index contributed by atoms with van der Waals surface area (Å²) in [5, 5.41) is 3.96. The van der Waals surface area contributed by atoms with Crippen LogP contribution in [-0.4, -0.2) is 37.2 Å². The molecule has 0 bridgehead atoms. The molecule has 1 aromatic rings. The Bertz CT molecular complexity index is 455. The third-order valence-electron chi connectivity index (χ3n) is 3.48. The van der Waals surface area contributed by atoms with Crippen molar-refractivity contribution in [3.63, 3.8) is 0 Å². The Balaban J connectivity index is 2.05. The highest BCUT2D eigenvalue weighted by atomic mass is 32.1. The van der Waals surface area contributed by atoms with E-state index in [9.17, 15) is 4.79 Å². The number of rotatable bonds is 4. The lowest BCUT2D eigenvalue weighted by atomic mass is 9.82. The maximum atomic E-state index is 11.7. The van der Waals surface area contributed by atoms with Crippen molar-refractivity contribution in [1.29, 1.82) is 0 Å². The average molecular weight is 285 g/mol. The van der Waals surface area contributed by atoms with Crippen LogP contribution in [0.4, 0.5) is 10.8 Å². The van der Waals surface area contributed by atoms with Crippen LogP contribution in [0.15, 0.2) is 0 Å². The standard InChI is InChI=1S/C12H19N3O3S/c1-12(3-5-18-6-4-12)7-14-10-8(11(16)17-2)9(13)15-19-10/h14H,3-7H2,1-2H3,(H2,13,15). The van der Waals surface area contributed by atoms with Crippen LogP contribution in [0.5, 0.6) is 0 Å². The van der Waals surface area contributed by atoms with Crippen LogP contribution in [0, 0.1) is 5.41 Å². The minimum atomic E-state index is -0.453. The van der Waals surface area contributed by atoms with E-state index in [-0.39, 0.29) is 11.2 Å². The van der Waals surface area contributed by atoms with E-state index in [1.807, 2.05) is 0 Å². The highest BCUT2D eigenvalue weighted by Crippen LogP contribution is 2.33. The third-order valence-corrected chi connectivity index (χ3v) is 4.30. The number of carbonyl (C=O) groups is 1. The number of hydrogen-bond donors (Lipinski definition) is 2. The van der Waals surface area contributed by atoms with Gasteiger partial charge in [0.05, 0.1) is 7.11 Å². The summed E-state index contributed by atoms with van der Waals surface area (Å²) in [5.74, 6) is -0.234. The maximum absolute atomic E-state index is 11.7. The fraction of sp³-hybridized carbons (Fsp3) is 0.667. The summed E-state index contributed by atoms with van der Waals surface area (Å²) in [4.78, 5) is 11.7. The van der Waals surface area contributed by atoms with Crippen molar-refractivity contribution in [3.05, 3.63) is 5.56 Å². The van der Waals surface area contributed by atoms with Crippen molar-refractivity contribution in [3.8, 4) is 0 Å². The number of aromatic nitrogens is 1. The second-order valence-electron chi connectivity index (χ2n) is 5.04. The van der Waals surface area contributed by atoms with Crippen molar-refractivity contribution in [2.24, 2.45) is 5.41 Å². The third kappa shape index (κ3) is 3.16. The SMILES string of the molecule is COC(=O)c1c(N)nsc1NCC1(C)CCOCC1. The average Bonchev–Trinajstić information content (AvgIpc) is 2.78. The number of nitrogens with one attached hydrogen (secondary N) is 1. The maximum Gasteiger partial charge on any atom is 0.344 e. The van der Waals surface area contributed by atoms with E-state index in [2.05, 4.69) is 16.6 Å². The van der Waals surface area contributed by atoms with Crippen LogP contribution in [0.2, 0.25) is 0 Å². The molecule has 6 nitrogen and oxygen atoms in total. The first kappa shape index (κ1) is 14.1. The van der Waals surface area contributed by atoms with E-state index in [0.29, 0.717) is 10.6 Å². The summed E-state index contributed by atoms with van der Waals surface area (Å²) >= 11 is 1.19. The Kier molecular flexibility index (Phi) is 4.26. The fourth-order valence-corrected chi connectivity index (χ4v) is 2.75. The summed E-state index contributed by atoms with van der Waals surface area (Å²) in [7, 11) is 1.34. The molecule has 1 aliphatic rings. The predicted molar refractivity (Wildman–Crippen MR) is 74.5 cm³/mol. The van der Waals surface area contributed by atoms with Gasteiger partial charge in [0, 0.05) is 19.8 Å². The summed E-state index contributed by atoms with van der Waals surface area (Å²) in [6, 6.07) is 0. The lowest BCUT2D eigenvalue weighted by Crippen LogP contribution is -2.33. The Morgan fingerprint density at radius 1 is 1.58 bits per heavy atom. The van der Waals surface area contributed by atoms with Crippen molar-refractivity contribution in [1.82, 2.24) is 4.37 Å². The largest absolute Gasteiger partial charge is 0.465 e. The molecule has 0 amide bonds.